The molecule has 0 radical (unpaired) electrons. The Labute approximate surface area is 493 Å². The summed E-state index contributed by atoms with van der Waals surface area (Å²) in [5, 5.41) is 0. The minimum absolute atomic E-state index is 0.0962. The molecule has 0 heterocycles. The van der Waals surface area contributed by atoms with Crippen LogP contribution in [-0.4, -0.2) is 37.2 Å². The summed E-state index contributed by atoms with van der Waals surface area (Å²) in [6.07, 6.45) is 95.6. The third-order valence-corrected chi connectivity index (χ3v) is 13.6. The monoisotopic (exact) mass is 1100 g/mol. The lowest BCUT2D eigenvalue weighted by atomic mass is 10.1. The number of esters is 3. The molecule has 0 aliphatic rings. The fourth-order valence-electron chi connectivity index (χ4n) is 8.70. The second kappa shape index (κ2) is 66.8. The van der Waals surface area contributed by atoms with Gasteiger partial charge in [-0.25, -0.2) is 0 Å². The highest BCUT2D eigenvalue weighted by Gasteiger charge is 2.19. The molecule has 0 aromatic carbocycles. The SMILES string of the molecule is CC/C=C\C/C=C\C/C=C\C/C=C\C/C=C\C/C=C\CCCCCCCCC(=O)OCC(COC(=O)CCCCCCC/C=C\CCCCCCC)OC(=O)CCCCCCCCC/C=C\C/C=C\C/C=C\C/C=C\C/C=C\CC. The predicted molar refractivity (Wildman–Crippen MR) is 348 cm³/mol. The van der Waals surface area contributed by atoms with E-state index >= 15 is 0 Å². The first-order valence-electron chi connectivity index (χ1n) is 32.8. The van der Waals surface area contributed by atoms with Crippen LogP contribution in [0.4, 0.5) is 0 Å². The molecule has 0 aromatic rings. The van der Waals surface area contributed by atoms with Crippen molar-refractivity contribution < 1.29 is 28.6 Å². The van der Waals surface area contributed by atoms with Gasteiger partial charge >= 0.3 is 17.9 Å². The summed E-state index contributed by atoms with van der Waals surface area (Å²) in [5.41, 5.74) is 0. The highest BCUT2D eigenvalue weighted by molar-refractivity contribution is 5.71. The summed E-state index contributed by atoms with van der Waals surface area (Å²) >= 11 is 0. The zero-order valence-corrected chi connectivity index (χ0v) is 51.8. The molecule has 0 saturated carbocycles. The van der Waals surface area contributed by atoms with E-state index in [1.807, 2.05) is 0 Å². The van der Waals surface area contributed by atoms with Gasteiger partial charge < -0.3 is 14.2 Å². The van der Waals surface area contributed by atoms with Gasteiger partial charge in [-0.2, -0.15) is 0 Å². The van der Waals surface area contributed by atoms with Gasteiger partial charge in [0.2, 0.25) is 0 Å². The lowest BCUT2D eigenvalue weighted by molar-refractivity contribution is -0.167. The van der Waals surface area contributed by atoms with Crippen LogP contribution in [0.2, 0.25) is 0 Å². The fourth-order valence-corrected chi connectivity index (χ4v) is 8.70. The van der Waals surface area contributed by atoms with Crippen molar-refractivity contribution in [1.29, 1.82) is 0 Å². The Morgan fingerprint density at radius 2 is 0.487 bits per heavy atom. The molecule has 0 spiro atoms. The van der Waals surface area contributed by atoms with Gasteiger partial charge in [-0.3, -0.25) is 14.4 Å². The van der Waals surface area contributed by atoms with Crippen molar-refractivity contribution in [3.63, 3.8) is 0 Å². The van der Waals surface area contributed by atoms with E-state index in [1.54, 1.807) is 0 Å². The predicted octanol–water partition coefficient (Wildman–Crippen LogP) is 22.7. The first-order chi connectivity index (χ1) is 39.5. The molecule has 0 N–H and O–H groups in total. The molecule has 6 heteroatoms. The molecule has 6 nitrogen and oxygen atoms in total. The van der Waals surface area contributed by atoms with Gasteiger partial charge in [0.15, 0.2) is 6.10 Å². The maximum absolute atomic E-state index is 12.9. The molecule has 452 valence electrons. The van der Waals surface area contributed by atoms with E-state index in [2.05, 4.69) is 167 Å². The quantitative estimate of drug-likeness (QED) is 0.0261. The first kappa shape index (κ1) is 75.3. The summed E-state index contributed by atoms with van der Waals surface area (Å²) in [6, 6.07) is 0. The third kappa shape index (κ3) is 64.1. The first-order valence-corrected chi connectivity index (χ1v) is 32.8. The van der Waals surface area contributed by atoms with Crippen LogP contribution in [0.15, 0.2) is 146 Å². The molecule has 0 aliphatic carbocycles. The summed E-state index contributed by atoms with van der Waals surface area (Å²) < 4.78 is 16.9. The number of allylic oxidation sites excluding steroid dienone is 24. The highest BCUT2D eigenvalue weighted by Crippen LogP contribution is 2.15. The van der Waals surface area contributed by atoms with Crippen molar-refractivity contribution in [1.82, 2.24) is 0 Å². The average molecular weight is 1110 g/mol. The van der Waals surface area contributed by atoms with Crippen LogP contribution in [0.1, 0.15) is 284 Å². The van der Waals surface area contributed by atoms with Crippen molar-refractivity contribution in [2.45, 2.75) is 290 Å². The number of unbranched alkanes of at least 4 members (excludes halogenated alkanes) is 23. The second-order valence-corrected chi connectivity index (χ2v) is 21.3. The lowest BCUT2D eigenvalue weighted by Crippen LogP contribution is -2.30. The Hall–Kier alpha value is -4.71. The molecule has 0 amide bonds. The molecule has 0 aliphatic heterocycles. The van der Waals surface area contributed by atoms with E-state index < -0.39 is 6.10 Å². The molecule has 1 atom stereocenters. The molecule has 0 rings (SSSR count). The van der Waals surface area contributed by atoms with Crippen molar-refractivity contribution >= 4 is 17.9 Å². The van der Waals surface area contributed by atoms with Crippen LogP contribution in [0.5, 0.6) is 0 Å². The normalized spacial score (nSPS) is 13.1. The van der Waals surface area contributed by atoms with Crippen LogP contribution in [-0.2, 0) is 28.6 Å². The summed E-state index contributed by atoms with van der Waals surface area (Å²) in [7, 11) is 0. The number of hydrogen-bond acceptors (Lipinski definition) is 6. The average Bonchev–Trinajstić information content (AvgIpc) is 3.46. The summed E-state index contributed by atoms with van der Waals surface area (Å²) in [6.45, 7) is 6.38. The topological polar surface area (TPSA) is 78.9 Å². The van der Waals surface area contributed by atoms with Crippen LogP contribution in [0, 0.1) is 0 Å². The molecule has 80 heavy (non-hydrogen) atoms. The number of hydrogen-bond donors (Lipinski definition) is 0. The zero-order chi connectivity index (χ0) is 57.8. The van der Waals surface area contributed by atoms with Crippen molar-refractivity contribution in [3.05, 3.63) is 146 Å². The maximum Gasteiger partial charge on any atom is 0.306 e. The smallest absolute Gasteiger partial charge is 0.306 e. The Morgan fingerprint density at radius 1 is 0.263 bits per heavy atom. The number of ether oxygens (including phenoxy) is 3. The van der Waals surface area contributed by atoms with Gasteiger partial charge in [0, 0.05) is 19.3 Å². The second-order valence-electron chi connectivity index (χ2n) is 21.3. The van der Waals surface area contributed by atoms with E-state index in [-0.39, 0.29) is 31.1 Å². The van der Waals surface area contributed by atoms with Gasteiger partial charge in [-0.15, -0.1) is 0 Å². The van der Waals surface area contributed by atoms with Crippen LogP contribution < -0.4 is 0 Å². The maximum atomic E-state index is 12.9. The van der Waals surface area contributed by atoms with Crippen LogP contribution >= 0.6 is 0 Å². The minimum atomic E-state index is -0.802. The Morgan fingerprint density at radius 3 is 0.775 bits per heavy atom. The lowest BCUT2D eigenvalue weighted by Gasteiger charge is -2.18. The zero-order valence-electron chi connectivity index (χ0n) is 51.8. The van der Waals surface area contributed by atoms with E-state index in [9.17, 15) is 14.4 Å². The summed E-state index contributed by atoms with van der Waals surface area (Å²) in [5.74, 6) is -0.929. The van der Waals surface area contributed by atoms with Crippen LogP contribution in [0.25, 0.3) is 0 Å². The fraction of sp³-hybridized carbons (Fsp3) is 0.635. The molecule has 0 fully saturated rings. The number of rotatable bonds is 58. The van der Waals surface area contributed by atoms with E-state index in [4.69, 9.17) is 14.2 Å². The number of carbonyl (C=O) groups is 3. The van der Waals surface area contributed by atoms with Crippen molar-refractivity contribution in [3.8, 4) is 0 Å². The largest absolute Gasteiger partial charge is 0.462 e. The van der Waals surface area contributed by atoms with Gasteiger partial charge in [0.1, 0.15) is 13.2 Å². The highest BCUT2D eigenvalue weighted by atomic mass is 16.6. The molecular formula is C74H120O6. The molecule has 0 aromatic heterocycles. The van der Waals surface area contributed by atoms with Crippen LogP contribution in [0.3, 0.4) is 0 Å². The Balaban J connectivity index is 4.44. The molecule has 0 saturated heterocycles. The van der Waals surface area contributed by atoms with E-state index in [1.165, 1.54) is 77.0 Å². The van der Waals surface area contributed by atoms with Crippen molar-refractivity contribution in [2.75, 3.05) is 13.2 Å². The number of carbonyl (C=O) groups excluding carboxylic acids is 3. The van der Waals surface area contributed by atoms with Gasteiger partial charge in [0.25, 0.3) is 0 Å². The third-order valence-electron chi connectivity index (χ3n) is 13.6. The van der Waals surface area contributed by atoms with Gasteiger partial charge in [-0.05, 0) is 141 Å². The standard InChI is InChI=1S/C74H120O6/c1-4-7-10-13-16-19-22-25-28-30-32-34-36-37-39-40-42-44-46-49-52-55-58-61-64-67-73(76)79-70-71(69-78-72(75)66-63-60-57-54-51-48-27-24-21-18-15-12-9-6-3)80-74(77)68-65-62-59-56-53-50-47-45-43-41-38-35-33-31-29-26-23-20-17-14-11-8-5-2/h7-8,10-11,16-17,19-20,24-29,32-35,37,39,41-44,71H,4-6,9,12-15,18,21-23,30-31,36,38,40,45-70H2,1-3H3/b10-7-,11-8-,19-16-,20-17-,27-24-,28-25-,29-26-,34-32-,35-33-,39-37-,43-41-,44-42-. The summed E-state index contributed by atoms with van der Waals surface area (Å²) in [4.78, 5) is 38.4. The Bertz CT molecular complexity index is 1750. The Kier molecular flexibility index (Phi) is 62.9. The van der Waals surface area contributed by atoms with E-state index in [0.29, 0.717) is 19.3 Å². The molecule has 1 unspecified atom stereocenters. The minimum Gasteiger partial charge on any atom is -0.462 e. The molecular weight excluding hydrogens is 985 g/mol. The van der Waals surface area contributed by atoms with E-state index in [0.717, 1.165) is 167 Å². The molecule has 0 bridgehead atoms. The van der Waals surface area contributed by atoms with Gasteiger partial charge in [0.05, 0.1) is 0 Å². The van der Waals surface area contributed by atoms with Gasteiger partial charge in [-0.1, -0.05) is 269 Å². The van der Waals surface area contributed by atoms with Crippen molar-refractivity contribution in [2.24, 2.45) is 0 Å².